The van der Waals surface area contributed by atoms with Crippen molar-refractivity contribution in [1.82, 2.24) is 0 Å². The van der Waals surface area contributed by atoms with Crippen LogP contribution in [0.5, 0.6) is 5.75 Å². The molecule has 0 unspecified atom stereocenters. The summed E-state index contributed by atoms with van der Waals surface area (Å²) in [4.78, 5) is 11.0. The van der Waals surface area contributed by atoms with Crippen LogP contribution in [0, 0.1) is 0 Å². The second-order valence-electron chi connectivity index (χ2n) is 5.88. The van der Waals surface area contributed by atoms with Crippen molar-refractivity contribution in [2.24, 2.45) is 0 Å². The monoisotopic (exact) mass is 340 g/mol. The van der Waals surface area contributed by atoms with Crippen LogP contribution in [-0.4, -0.2) is 22.8 Å². The Kier molecular flexibility index (Phi) is 7.23. The minimum absolute atomic E-state index is 0.0741. The smallest absolute Gasteiger partial charge is 0.304 e. The highest BCUT2D eigenvalue weighted by atomic mass is 16.5. The van der Waals surface area contributed by atoms with Crippen molar-refractivity contribution < 1.29 is 19.7 Å². The van der Waals surface area contributed by atoms with Gasteiger partial charge in [-0.3, -0.25) is 4.79 Å². The summed E-state index contributed by atoms with van der Waals surface area (Å²) in [6.45, 7) is 2.50. The average molecular weight is 340 g/mol. The lowest BCUT2D eigenvalue weighted by atomic mass is 9.95. The van der Waals surface area contributed by atoms with E-state index in [9.17, 15) is 4.79 Å². The Bertz CT molecular complexity index is 687. The fourth-order valence-electron chi connectivity index (χ4n) is 2.63. The van der Waals surface area contributed by atoms with Gasteiger partial charge in [0.05, 0.1) is 6.42 Å². The zero-order valence-electron chi connectivity index (χ0n) is 14.4. The SMILES string of the molecule is CC=C[C@H](CC(=O)O)c1ccc(OCc2ccc(CCO)cc2)cc1. The van der Waals surface area contributed by atoms with Gasteiger partial charge in [-0.1, -0.05) is 48.6 Å². The van der Waals surface area contributed by atoms with Crippen molar-refractivity contribution >= 4 is 5.97 Å². The number of carboxylic acid groups (broad SMARTS) is 1. The quantitative estimate of drug-likeness (QED) is 0.679. The molecule has 0 aliphatic rings. The minimum Gasteiger partial charge on any atom is -0.489 e. The maximum Gasteiger partial charge on any atom is 0.304 e. The zero-order chi connectivity index (χ0) is 18.1. The maximum atomic E-state index is 11.0. The molecule has 0 saturated carbocycles. The second-order valence-corrected chi connectivity index (χ2v) is 5.88. The lowest BCUT2D eigenvalue weighted by molar-refractivity contribution is -0.137. The number of benzene rings is 2. The summed E-state index contributed by atoms with van der Waals surface area (Å²) in [7, 11) is 0. The lowest BCUT2D eigenvalue weighted by Crippen LogP contribution is -2.04. The highest BCUT2D eigenvalue weighted by Gasteiger charge is 2.12. The van der Waals surface area contributed by atoms with Crippen LogP contribution < -0.4 is 4.74 Å². The Hall–Kier alpha value is -2.59. The Morgan fingerprint density at radius 1 is 1.08 bits per heavy atom. The molecule has 0 saturated heterocycles. The maximum absolute atomic E-state index is 11.0. The predicted molar refractivity (Wildman–Crippen MR) is 97.8 cm³/mol. The van der Waals surface area contributed by atoms with Crippen LogP contribution in [0.1, 0.15) is 36.0 Å². The molecule has 4 heteroatoms. The molecule has 0 spiro atoms. The van der Waals surface area contributed by atoms with Crippen molar-refractivity contribution in [3.05, 3.63) is 77.4 Å². The molecule has 0 fully saturated rings. The van der Waals surface area contributed by atoms with Crippen molar-refractivity contribution in [3.8, 4) is 5.75 Å². The van der Waals surface area contributed by atoms with Gasteiger partial charge >= 0.3 is 5.97 Å². The molecule has 0 heterocycles. The molecule has 0 radical (unpaired) electrons. The number of hydrogen-bond acceptors (Lipinski definition) is 3. The summed E-state index contributed by atoms with van der Waals surface area (Å²) in [6, 6.07) is 15.5. The zero-order valence-corrected chi connectivity index (χ0v) is 14.4. The Morgan fingerprint density at radius 2 is 1.72 bits per heavy atom. The van der Waals surface area contributed by atoms with E-state index in [4.69, 9.17) is 14.9 Å². The Morgan fingerprint density at radius 3 is 2.28 bits per heavy atom. The van der Waals surface area contributed by atoms with E-state index in [0.29, 0.717) is 13.0 Å². The summed E-state index contributed by atoms with van der Waals surface area (Å²) in [6.07, 6.45) is 4.51. The molecular formula is C21H24O4. The van der Waals surface area contributed by atoms with E-state index >= 15 is 0 Å². The topological polar surface area (TPSA) is 66.8 Å². The fourth-order valence-corrected chi connectivity index (χ4v) is 2.63. The van der Waals surface area contributed by atoms with Gasteiger partial charge in [-0.05, 0) is 42.2 Å². The van der Waals surface area contributed by atoms with Gasteiger partial charge in [0.15, 0.2) is 0 Å². The summed E-state index contributed by atoms with van der Waals surface area (Å²) in [5, 5.41) is 17.9. The number of ether oxygens (including phenoxy) is 1. The van der Waals surface area contributed by atoms with Gasteiger partial charge in [-0.2, -0.15) is 0 Å². The number of hydrogen-bond donors (Lipinski definition) is 2. The van der Waals surface area contributed by atoms with Crippen molar-refractivity contribution in [3.63, 3.8) is 0 Å². The molecule has 0 amide bonds. The summed E-state index contributed by atoms with van der Waals surface area (Å²) < 4.78 is 5.78. The van der Waals surface area contributed by atoms with Gasteiger partial charge in [-0.15, -0.1) is 0 Å². The Balaban J connectivity index is 1.96. The number of carboxylic acids is 1. The first-order chi connectivity index (χ1) is 12.1. The molecule has 2 rings (SSSR count). The molecule has 2 aromatic carbocycles. The van der Waals surface area contributed by atoms with Crippen LogP contribution in [0.2, 0.25) is 0 Å². The summed E-state index contributed by atoms with van der Waals surface area (Å²) in [5.41, 5.74) is 3.12. The molecule has 4 nitrogen and oxygen atoms in total. The number of aliphatic carboxylic acids is 1. The van der Waals surface area contributed by atoms with E-state index in [0.717, 1.165) is 22.4 Å². The minimum atomic E-state index is -0.812. The van der Waals surface area contributed by atoms with Crippen LogP contribution in [0.4, 0.5) is 0 Å². The summed E-state index contributed by atoms with van der Waals surface area (Å²) in [5.74, 6) is -0.193. The lowest BCUT2D eigenvalue weighted by Gasteiger charge is -2.12. The van der Waals surface area contributed by atoms with Crippen LogP contribution in [0.3, 0.4) is 0 Å². The Labute approximate surface area is 148 Å². The molecule has 132 valence electrons. The van der Waals surface area contributed by atoms with E-state index in [1.807, 2.05) is 67.6 Å². The molecule has 0 aliphatic heterocycles. The number of aliphatic hydroxyl groups excluding tert-OH is 1. The average Bonchev–Trinajstić information content (AvgIpc) is 2.61. The first-order valence-corrected chi connectivity index (χ1v) is 8.38. The van der Waals surface area contributed by atoms with E-state index in [1.54, 1.807) is 0 Å². The van der Waals surface area contributed by atoms with Gasteiger partial charge in [-0.25, -0.2) is 0 Å². The number of rotatable bonds is 9. The third-order valence-electron chi connectivity index (χ3n) is 3.96. The van der Waals surface area contributed by atoms with Crippen LogP contribution in [0.15, 0.2) is 60.7 Å². The van der Waals surface area contributed by atoms with Crippen molar-refractivity contribution in [2.45, 2.75) is 32.3 Å². The van der Waals surface area contributed by atoms with E-state index in [-0.39, 0.29) is 18.9 Å². The van der Waals surface area contributed by atoms with Crippen LogP contribution >= 0.6 is 0 Å². The first-order valence-electron chi connectivity index (χ1n) is 8.38. The van der Waals surface area contributed by atoms with E-state index in [2.05, 4.69) is 0 Å². The highest BCUT2D eigenvalue weighted by Crippen LogP contribution is 2.24. The van der Waals surface area contributed by atoms with Crippen LogP contribution in [-0.2, 0) is 17.8 Å². The van der Waals surface area contributed by atoms with Crippen molar-refractivity contribution in [2.75, 3.05) is 6.61 Å². The third kappa shape index (κ3) is 6.08. The molecule has 0 aromatic heterocycles. The van der Waals surface area contributed by atoms with Gasteiger partial charge in [0.1, 0.15) is 12.4 Å². The number of allylic oxidation sites excluding steroid dienone is 2. The molecule has 25 heavy (non-hydrogen) atoms. The first kappa shape index (κ1) is 18.7. The van der Waals surface area contributed by atoms with Gasteiger partial charge in [0.2, 0.25) is 0 Å². The van der Waals surface area contributed by atoms with Gasteiger partial charge in [0, 0.05) is 12.5 Å². The van der Waals surface area contributed by atoms with E-state index < -0.39 is 5.97 Å². The number of aliphatic hydroxyl groups is 1. The normalized spacial score (nSPS) is 12.2. The molecular weight excluding hydrogens is 316 g/mol. The highest BCUT2D eigenvalue weighted by molar-refractivity contribution is 5.68. The van der Waals surface area contributed by atoms with E-state index in [1.165, 1.54) is 0 Å². The fraction of sp³-hybridized carbons (Fsp3) is 0.286. The molecule has 1 atom stereocenters. The molecule has 2 N–H and O–H groups in total. The molecule has 2 aromatic rings. The van der Waals surface area contributed by atoms with Gasteiger partial charge in [0.25, 0.3) is 0 Å². The predicted octanol–water partition coefficient (Wildman–Crippen LogP) is 3.93. The van der Waals surface area contributed by atoms with Gasteiger partial charge < -0.3 is 14.9 Å². The second kappa shape index (κ2) is 9.64. The number of carbonyl (C=O) groups is 1. The van der Waals surface area contributed by atoms with Crippen LogP contribution in [0.25, 0.3) is 0 Å². The summed E-state index contributed by atoms with van der Waals surface area (Å²) >= 11 is 0. The molecule has 0 bridgehead atoms. The third-order valence-corrected chi connectivity index (χ3v) is 3.96. The van der Waals surface area contributed by atoms with Crippen molar-refractivity contribution in [1.29, 1.82) is 0 Å². The largest absolute Gasteiger partial charge is 0.489 e. The standard InChI is InChI=1S/C21H24O4/c1-2-3-19(14-21(23)24)18-8-10-20(11-9-18)25-15-17-6-4-16(5-7-17)12-13-22/h2-11,19,22H,12-15H2,1H3,(H,23,24)/t19-/m1/s1. The molecule has 0 aliphatic carbocycles.